The normalized spacial score (nSPS) is 13.3. The molecule has 8 nitrogen and oxygen atoms in total. The van der Waals surface area contributed by atoms with Gasteiger partial charge >= 0.3 is 11.9 Å². The predicted molar refractivity (Wildman–Crippen MR) is 227 cm³/mol. The van der Waals surface area contributed by atoms with Gasteiger partial charge < -0.3 is 28.6 Å². The van der Waals surface area contributed by atoms with Crippen LogP contribution in [0.3, 0.4) is 0 Å². The molecule has 8 heteroatoms. The maximum Gasteiger partial charge on any atom is 0.306 e. The number of unbranched alkanes of at least 4 members (excludes halogenated alkanes) is 20. The van der Waals surface area contributed by atoms with Crippen molar-refractivity contribution in [1.82, 2.24) is 0 Å². The highest BCUT2D eigenvalue weighted by Gasteiger charge is 2.25. The minimum Gasteiger partial charge on any atom is -0.544 e. The Kier molecular flexibility index (Phi) is 36.7. The summed E-state index contributed by atoms with van der Waals surface area (Å²) in [5.41, 5.74) is 0. The van der Waals surface area contributed by atoms with Crippen LogP contribution in [0, 0.1) is 0 Å². The highest BCUT2D eigenvalue weighted by atomic mass is 16.6. The van der Waals surface area contributed by atoms with Crippen molar-refractivity contribution < 1.29 is 38.2 Å². The van der Waals surface area contributed by atoms with Crippen LogP contribution < -0.4 is 5.11 Å². The summed E-state index contributed by atoms with van der Waals surface area (Å²) in [7, 11) is 5.39. The molecule has 0 aromatic heterocycles. The van der Waals surface area contributed by atoms with Crippen LogP contribution in [0.1, 0.15) is 194 Å². The molecule has 0 aromatic rings. The zero-order valence-corrected chi connectivity index (χ0v) is 36.3. The SMILES string of the molecule is CCCCCC/C=C/CCCC(=O)OC(COCCC(C(=O)[O-])[N+](C)(C)C)COC(=O)CCCCCCCCC/C=C/C/C=C/CCCCCCCCCC. The largest absolute Gasteiger partial charge is 0.544 e. The number of nitrogens with zero attached hydrogens (tertiary/aromatic N) is 1. The summed E-state index contributed by atoms with van der Waals surface area (Å²) in [4.78, 5) is 36.7. The number of hydrogen-bond donors (Lipinski definition) is 0. The summed E-state index contributed by atoms with van der Waals surface area (Å²) in [6.45, 7) is 4.59. The number of esters is 2. The summed E-state index contributed by atoms with van der Waals surface area (Å²) >= 11 is 0. The van der Waals surface area contributed by atoms with E-state index in [1.165, 1.54) is 109 Å². The van der Waals surface area contributed by atoms with E-state index in [0.29, 0.717) is 12.8 Å². The summed E-state index contributed by atoms with van der Waals surface area (Å²) in [6.07, 6.45) is 43.3. The van der Waals surface area contributed by atoms with Crippen molar-refractivity contribution in [3.63, 3.8) is 0 Å². The number of allylic oxidation sites excluding steroid dienone is 6. The van der Waals surface area contributed by atoms with Gasteiger partial charge in [0.25, 0.3) is 0 Å². The number of quaternary nitrogens is 1. The third kappa shape index (κ3) is 36.9. The van der Waals surface area contributed by atoms with E-state index >= 15 is 0 Å². The summed E-state index contributed by atoms with van der Waals surface area (Å²) < 4.78 is 17.1. The number of carbonyl (C=O) groups is 3. The molecule has 0 spiro atoms. The quantitative estimate of drug-likeness (QED) is 0.0264. The van der Waals surface area contributed by atoms with Gasteiger partial charge in [-0.25, -0.2) is 0 Å². The fraction of sp³-hybridized carbons (Fsp3) is 0.809. The number of carbonyl (C=O) groups excluding carboxylic acids is 3. The zero-order chi connectivity index (χ0) is 40.7. The van der Waals surface area contributed by atoms with Crippen LogP contribution in [0.25, 0.3) is 0 Å². The van der Waals surface area contributed by atoms with Gasteiger partial charge in [-0.05, 0) is 64.2 Å². The van der Waals surface area contributed by atoms with Crippen LogP contribution in [0.2, 0.25) is 0 Å². The smallest absolute Gasteiger partial charge is 0.306 e. The maximum absolute atomic E-state index is 12.6. The molecular formula is C47H85NO7. The number of aliphatic carboxylic acids is 1. The Bertz CT molecular complexity index is 1000. The molecule has 55 heavy (non-hydrogen) atoms. The van der Waals surface area contributed by atoms with E-state index in [9.17, 15) is 19.5 Å². The highest BCUT2D eigenvalue weighted by molar-refractivity contribution is 5.70. The molecule has 0 aliphatic carbocycles. The minimum atomic E-state index is -1.13. The molecular weight excluding hydrogens is 691 g/mol. The van der Waals surface area contributed by atoms with Crippen molar-refractivity contribution in [3.8, 4) is 0 Å². The summed E-state index contributed by atoms with van der Waals surface area (Å²) in [5.74, 6) is -1.79. The fourth-order valence-corrected chi connectivity index (χ4v) is 6.46. The van der Waals surface area contributed by atoms with Gasteiger partial charge in [-0.2, -0.15) is 0 Å². The van der Waals surface area contributed by atoms with Crippen LogP contribution in [0.15, 0.2) is 36.5 Å². The van der Waals surface area contributed by atoms with E-state index in [0.717, 1.165) is 44.9 Å². The number of hydrogen-bond acceptors (Lipinski definition) is 7. The lowest BCUT2D eigenvalue weighted by atomic mass is 10.1. The lowest BCUT2D eigenvalue weighted by Crippen LogP contribution is -2.55. The Morgan fingerprint density at radius 2 is 0.982 bits per heavy atom. The second kappa shape index (κ2) is 38.4. The van der Waals surface area contributed by atoms with E-state index in [2.05, 4.69) is 50.3 Å². The van der Waals surface area contributed by atoms with E-state index in [1.807, 2.05) is 0 Å². The molecule has 0 saturated carbocycles. The molecule has 0 bridgehead atoms. The molecule has 0 saturated heterocycles. The lowest BCUT2D eigenvalue weighted by Gasteiger charge is -2.34. The number of carboxylic acids is 1. The fourth-order valence-electron chi connectivity index (χ4n) is 6.46. The number of carboxylic acid groups (broad SMARTS) is 1. The summed E-state index contributed by atoms with van der Waals surface area (Å²) in [5, 5.41) is 11.6. The molecule has 320 valence electrons. The Hall–Kier alpha value is -2.45. The predicted octanol–water partition coefficient (Wildman–Crippen LogP) is 10.9. The molecule has 0 N–H and O–H groups in total. The van der Waals surface area contributed by atoms with Gasteiger partial charge in [-0.1, -0.05) is 147 Å². The third-order valence-corrected chi connectivity index (χ3v) is 10.00. The van der Waals surface area contributed by atoms with E-state index in [1.54, 1.807) is 21.1 Å². The van der Waals surface area contributed by atoms with Gasteiger partial charge in [-0.3, -0.25) is 9.59 Å². The van der Waals surface area contributed by atoms with Gasteiger partial charge in [0.1, 0.15) is 12.6 Å². The zero-order valence-electron chi connectivity index (χ0n) is 36.3. The second-order valence-corrected chi connectivity index (χ2v) is 16.3. The van der Waals surface area contributed by atoms with Crippen molar-refractivity contribution in [2.24, 2.45) is 0 Å². The average Bonchev–Trinajstić information content (AvgIpc) is 3.14. The van der Waals surface area contributed by atoms with E-state index in [-0.39, 0.29) is 49.1 Å². The van der Waals surface area contributed by atoms with Crippen LogP contribution in [-0.2, 0) is 28.6 Å². The van der Waals surface area contributed by atoms with Crippen molar-refractivity contribution in [2.45, 2.75) is 206 Å². The molecule has 0 aliphatic heterocycles. The van der Waals surface area contributed by atoms with Crippen molar-refractivity contribution in [3.05, 3.63) is 36.5 Å². The molecule has 2 unspecified atom stereocenters. The Morgan fingerprint density at radius 1 is 0.545 bits per heavy atom. The van der Waals surface area contributed by atoms with Gasteiger partial charge in [0, 0.05) is 19.3 Å². The molecule has 0 fully saturated rings. The van der Waals surface area contributed by atoms with Crippen LogP contribution in [0.5, 0.6) is 0 Å². The number of likely N-dealkylation sites (N-methyl/N-ethyl adjacent to an activating group) is 1. The number of ether oxygens (including phenoxy) is 3. The van der Waals surface area contributed by atoms with Gasteiger partial charge in [0.2, 0.25) is 0 Å². The summed E-state index contributed by atoms with van der Waals surface area (Å²) in [6, 6.07) is -0.729. The Morgan fingerprint density at radius 3 is 1.49 bits per heavy atom. The topological polar surface area (TPSA) is 102 Å². The Labute approximate surface area is 338 Å². The first-order valence-electron chi connectivity index (χ1n) is 22.5. The van der Waals surface area contributed by atoms with Crippen LogP contribution in [-0.4, -0.2) is 75.5 Å². The molecule has 0 aromatic carbocycles. The monoisotopic (exact) mass is 776 g/mol. The molecule has 0 aliphatic rings. The molecule has 0 radical (unpaired) electrons. The van der Waals surface area contributed by atoms with E-state index < -0.39 is 18.1 Å². The minimum absolute atomic E-state index is 0.0276. The van der Waals surface area contributed by atoms with Crippen molar-refractivity contribution >= 4 is 17.9 Å². The lowest BCUT2D eigenvalue weighted by molar-refractivity contribution is -0.889. The molecule has 0 amide bonds. The first-order chi connectivity index (χ1) is 26.6. The second-order valence-electron chi connectivity index (χ2n) is 16.3. The van der Waals surface area contributed by atoms with Gasteiger partial charge in [0.05, 0.1) is 40.3 Å². The van der Waals surface area contributed by atoms with Crippen molar-refractivity contribution in [1.29, 1.82) is 0 Å². The first kappa shape index (κ1) is 52.6. The molecule has 0 heterocycles. The van der Waals surface area contributed by atoms with Gasteiger partial charge in [-0.15, -0.1) is 0 Å². The van der Waals surface area contributed by atoms with E-state index in [4.69, 9.17) is 14.2 Å². The standard InChI is InChI=1S/C47H85NO7/c1-6-8-10-12-14-16-17-18-19-20-21-22-23-24-25-26-27-28-30-31-33-35-37-45(49)54-42-43(41-53-40-39-44(47(51)52)48(3,4)5)55-46(50)38-36-34-32-29-15-13-11-9-7-2/h20-21,23-24,29,32,43-44H,6-19,22,25-28,30-31,33-42H2,1-5H3/b21-20+,24-23+,32-29+. The van der Waals surface area contributed by atoms with Crippen LogP contribution in [0.4, 0.5) is 0 Å². The van der Waals surface area contributed by atoms with Crippen LogP contribution >= 0.6 is 0 Å². The average molecular weight is 776 g/mol. The highest BCUT2D eigenvalue weighted by Crippen LogP contribution is 2.13. The first-order valence-corrected chi connectivity index (χ1v) is 22.5. The molecule has 0 rings (SSSR count). The number of rotatable bonds is 40. The Balaban J connectivity index is 4.22. The van der Waals surface area contributed by atoms with Crippen molar-refractivity contribution in [2.75, 3.05) is 41.0 Å². The van der Waals surface area contributed by atoms with Gasteiger partial charge in [0.15, 0.2) is 6.10 Å². The maximum atomic E-state index is 12.6. The third-order valence-electron chi connectivity index (χ3n) is 10.00. The molecule has 2 atom stereocenters.